The summed E-state index contributed by atoms with van der Waals surface area (Å²) in [5, 5.41) is 0. The topological polar surface area (TPSA) is 8.81 Å². The van der Waals surface area contributed by atoms with Crippen LogP contribution in [0.5, 0.6) is 0 Å². The Labute approximate surface area is 228 Å². The minimum absolute atomic E-state index is 1.22. The maximum atomic E-state index is 2.59. The zero-order valence-corrected chi connectivity index (χ0v) is 25.3. The number of aryl methyl sites for hydroxylation is 2. The van der Waals surface area contributed by atoms with E-state index in [1.165, 1.54) is 180 Å². The number of unbranched alkanes of at least 4 members (excludes halogenated alkanes) is 22. The molecule has 0 aliphatic carbocycles. The minimum Gasteiger partial charge on any atom is -0.234 e. The van der Waals surface area contributed by atoms with Crippen LogP contribution in [0.25, 0.3) is 0 Å². The third kappa shape index (κ3) is 18.5. The monoisotopic (exact) mass is 504 g/mol. The molecule has 0 N–H and O–H groups in total. The summed E-state index contributed by atoms with van der Waals surface area (Å²) in [6.45, 7) is 9.38. The lowest BCUT2D eigenvalue weighted by Crippen LogP contribution is -2.37. The lowest BCUT2D eigenvalue weighted by Gasteiger charge is -2.06. The molecule has 36 heavy (non-hydrogen) atoms. The number of rotatable bonds is 28. The van der Waals surface area contributed by atoms with Crippen LogP contribution in [0.15, 0.2) is 12.4 Å². The third-order valence-electron chi connectivity index (χ3n) is 8.10. The number of nitrogens with zero attached hydrogens (tertiary/aromatic N) is 2. The molecule has 0 aromatic carbocycles. The van der Waals surface area contributed by atoms with Gasteiger partial charge in [0, 0.05) is 6.42 Å². The molecule has 0 aliphatic rings. The number of imidazole rings is 1. The maximum Gasteiger partial charge on any atom is 0.256 e. The highest BCUT2D eigenvalue weighted by Crippen LogP contribution is 2.14. The van der Waals surface area contributed by atoms with Crippen LogP contribution in [0.3, 0.4) is 0 Å². The summed E-state index contributed by atoms with van der Waals surface area (Å²) in [7, 11) is 0. The normalized spacial score (nSPS) is 11.5. The molecule has 1 aromatic heterocycles. The van der Waals surface area contributed by atoms with E-state index >= 15 is 0 Å². The summed E-state index contributed by atoms with van der Waals surface area (Å²) in [5.74, 6) is 1.60. The highest BCUT2D eigenvalue weighted by molar-refractivity contribution is 4.84. The van der Waals surface area contributed by atoms with Crippen molar-refractivity contribution in [3.8, 4) is 0 Å². The van der Waals surface area contributed by atoms with E-state index in [4.69, 9.17) is 0 Å². The van der Waals surface area contributed by atoms with E-state index in [0.717, 1.165) is 0 Å². The average Bonchev–Trinajstić information content (AvgIpc) is 3.27. The maximum absolute atomic E-state index is 2.59. The lowest BCUT2D eigenvalue weighted by atomic mass is 10.0. The quantitative estimate of drug-likeness (QED) is 0.0794. The van der Waals surface area contributed by atoms with Gasteiger partial charge in [-0.15, -0.1) is 0 Å². The molecule has 212 valence electrons. The average molecular weight is 504 g/mol. The molecule has 0 bridgehead atoms. The molecule has 0 spiro atoms. The first-order valence-electron chi connectivity index (χ1n) is 16.9. The Morgan fingerprint density at radius 1 is 0.472 bits per heavy atom. The Morgan fingerprint density at radius 2 is 0.861 bits per heavy atom. The van der Waals surface area contributed by atoms with E-state index < -0.39 is 0 Å². The van der Waals surface area contributed by atoms with Crippen molar-refractivity contribution >= 4 is 0 Å². The van der Waals surface area contributed by atoms with Gasteiger partial charge in [-0.1, -0.05) is 149 Å². The number of hydrogen-bond donors (Lipinski definition) is 0. The fraction of sp³-hybridized carbons (Fsp3) is 0.912. The predicted octanol–water partition coefficient (Wildman–Crippen LogP) is 11.1. The van der Waals surface area contributed by atoms with Gasteiger partial charge in [0.2, 0.25) is 0 Å². The van der Waals surface area contributed by atoms with Crippen molar-refractivity contribution < 1.29 is 4.57 Å². The Hall–Kier alpha value is -0.790. The van der Waals surface area contributed by atoms with Gasteiger partial charge in [-0.3, -0.25) is 0 Å². The van der Waals surface area contributed by atoms with Gasteiger partial charge in [0.25, 0.3) is 5.82 Å². The van der Waals surface area contributed by atoms with Crippen LogP contribution in [0, 0.1) is 0 Å². The second kappa shape index (κ2) is 25.8. The highest BCUT2D eigenvalue weighted by Gasteiger charge is 2.16. The van der Waals surface area contributed by atoms with Crippen LogP contribution >= 0.6 is 0 Å². The molecule has 0 atom stereocenters. The molecule has 0 radical (unpaired) electrons. The standard InChI is InChI=1S/C34H67N2/c1-4-7-10-12-14-15-16-17-18-19-20-21-22-23-25-28-31-36-33-32-35(34(36)29-26-9-6-3)30-27-24-13-11-8-5-2/h32-33H,4-31H2,1-3H3/q+1. The fourth-order valence-electron chi connectivity index (χ4n) is 5.62. The SMILES string of the molecule is CCCCCCCCCCCCCCCCCCn1cc[n+](CCCCCCCC)c1CCCCC. The van der Waals surface area contributed by atoms with E-state index in [-0.39, 0.29) is 0 Å². The Morgan fingerprint density at radius 3 is 1.33 bits per heavy atom. The molecule has 0 unspecified atom stereocenters. The molecular weight excluding hydrogens is 436 g/mol. The van der Waals surface area contributed by atoms with Gasteiger partial charge in [0.1, 0.15) is 12.4 Å². The highest BCUT2D eigenvalue weighted by atomic mass is 15.1. The molecule has 0 fully saturated rings. The number of aromatic nitrogens is 2. The van der Waals surface area contributed by atoms with E-state index in [9.17, 15) is 0 Å². The molecule has 1 rings (SSSR count). The van der Waals surface area contributed by atoms with Gasteiger partial charge in [-0.05, 0) is 32.1 Å². The van der Waals surface area contributed by atoms with Crippen molar-refractivity contribution in [2.24, 2.45) is 0 Å². The van der Waals surface area contributed by atoms with Gasteiger partial charge >= 0.3 is 0 Å². The summed E-state index contributed by atoms with van der Waals surface area (Å²) in [6, 6.07) is 0. The van der Waals surface area contributed by atoms with Crippen molar-refractivity contribution in [3.05, 3.63) is 18.2 Å². The fourth-order valence-corrected chi connectivity index (χ4v) is 5.62. The second-order valence-corrected chi connectivity index (χ2v) is 11.6. The lowest BCUT2D eigenvalue weighted by molar-refractivity contribution is -0.704. The minimum atomic E-state index is 1.22. The van der Waals surface area contributed by atoms with Gasteiger partial charge < -0.3 is 0 Å². The van der Waals surface area contributed by atoms with Crippen molar-refractivity contribution in [1.29, 1.82) is 0 Å². The summed E-state index contributed by atoms with van der Waals surface area (Å²) in [5.41, 5.74) is 0. The Balaban J connectivity index is 2.10. The van der Waals surface area contributed by atoms with Crippen molar-refractivity contribution in [1.82, 2.24) is 4.57 Å². The molecule has 0 saturated carbocycles. The van der Waals surface area contributed by atoms with E-state index in [0.29, 0.717) is 0 Å². The van der Waals surface area contributed by atoms with Crippen LogP contribution in [-0.4, -0.2) is 4.57 Å². The Bertz CT molecular complexity index is 562. The van der Waals surface area contributed by atoms with Crippen molar-refractivity contribution in [2.45, 2.75) is 201 Å². The summed E-state index contributed by atoms with van der Waals surface area (Å²) >= 11 is 0. The zero-order valence-electron chi connectivity index (χ0n) is 25.3. The summed E-state index contributed by atoms with van der Waals surface area (Å²) in [4.78, 5) is 0. The first-order chi connectivity index (χ1) is 17.8. The van der Waals surface area contributed by atoms with E-state index in [1.54, 1.807) is 5.82 Å². The third-order valence-corrected chi connectivity index (χ3v) is 8.10. The van der Waals surface area contributed by atoms with Crippen LogP contribution in [0.4, 0.5) is 0 Å². The molecule has 1 heterocycles. The summed E-state index contributed by atoms with van der Waals surface area (Å²) < 4.78 is 5.18. The second-order valence-electron chi connectivity index (χ2n) is 11.6. The van der Waals surface area contributed by atoms with Gasteiger partial charge in [0.05, 0.1) is 13.1 Å². The molecule has 0 aliphatic heterocycles. The zero-order chi connectivity index (χ0) is 25.9. The number of hydrogen-bond acceptors (Lipinski definition) is 0. The Kier molecular flexibility index (Phi) is 23.9. The summed E-state index contributed by atoms with van der Waals surface area (Å²) in [6.07, 6.45) is 41.5. The molecule has 2 heteroatoms. The van der Waals surface area contributed by atoms with Gasteiger partial charge in [0.15, 0.2) is 0 Å². The van der Waals surface area contributed by atoms with Crippen LogP contribution in [0.2, 0.25) is 0 Å². The molecule has 0 saturated heterocycles. The molecule has 0 amide bonds. The molecule has 1 aromatic rings. The smallest absolute Gasteiger partial charge is 0.234 e. The molecular formula is C34H67N2+. The van der Waals surface area contributed by atoms with Crippen molar-refractivity contribution in [2.75, 3.05) is 0 Å². The van der Waals surface area contributed by atoms with Crippen molar-refractivity contribution in [3.63, 3.8) is 0 Å². The van der Waals surface area contributed by atoms with Gasteiger partial charge in [-0.25, -0.2) is 9.13 Å². The van der Waals surface area contributed by atoms with E-state index in [1.807, 2.05) is 0 Å². The van der Waals surface area contributed by atoms with E-state index in [2.05, 4.69) is 42.3 Å². The van der Waals surface area contributed by atoms with Crippen LogP contribution in [-0.2, 0) is 19.5 Å². The largest absolute Gasteiger partial charge is 0.256 e. The molecule has 2 nitrogen and oxygen atoms in total. The van der Waals surface area contributed by atoms with Crippen LogP contribution < -0.4 is 4.57 Å². The predicted molar refractivity (Wildman–Crippen MR) is 161 cm³/mol. The first-order valence-corrected chi connectivity index (χ1v) is 16.9. The van der Waals surface area contributed by atoms with Gasteiger partial charge in [-0.2, -0.15) is 0 Å². The first kappa shape index (κ1) is 33.2. The van der Waals surface area contributed by atoms with Crippen LogP contribution in [0.1, 0.15) is 187 Å².